The number of aromatic nitrogens is 2. The molecule has 2 aliphatic heterocycles. The van der Waals surface area contributed by atoms with Gasteiger partial charge in [-0.2, -0.15) is 0 Å². The standard InChI is InChI=1S/C22H28N4O2/c1-16-14-25(7-8-26(16)21(27)9-17-5-4-6-23-12-17)20-10-18-11-22(2,3)28-15-19(18)13-24-20/h4-6,10,12-13,16H,7-9,11,14-15H2,1-3H3/t16-/m1/s1. The van der Waals surface area contributed by atoms with Gasteiger partial charge >= 0.3 is 0 Å². The smallest absolute Gasteiger partial charge is 0.227 e. The molecule has 1 saturated heterocycles. The highest BCUT2D eigenvalue weighted by Gasteiger charge is 2.30. The van der Waals surface area contributed by atoms with Gasteiger partial charge in [-0.1, -0.05) is 6.07 Å². The zero-order valence-electron chi connectivity index (χ0n) is 16.9. The highest BCUT2D eigenvalue weighted by atomic mass is 16.5. The zero-order valence-corrected chi connectivity index (χ0v) is 16.9. The van der Waals surface area contributed by atoms with Crippen molar-refractivity contribution in [2.24, 2.45) is 0 Å². The molecule has 0 N–H and O–H groups in total. The van der Waals surface area contributed by atoms with Crippen molar-refractivity contribution in [2.45, 2.75) is 51.9 Å². The summed E-state index contributed by atoms with van der Waals surface area (Å²) in [5, 5.41) is 0. The number of hydrogen-bond donors (Lipinski definition) is 0. The minimum Gasteiger partial charge on any atom is -0.370 e. The van der Waals surface area contributed by atoms with Crippen LogP contribution in [0.3, 0.4) is 0 Å². The van der Waals surface area contributed by atoms with E-state index in [1.54, 1.807) is 12.4 Å². The Morgan fingerprint density at radius 3 is 2.89 bits per heavy atom. The van der Waals surface area contributed by atoms with E-state index in [1.807, 2.05) is 23.2 Å². The van der Waals surface area contributed by atoms with Gasteiger partial charge in [0.25, 0.3) is 0 Å². The maximum absolute atomic E-state index is 12.7. The fourth-order valence-electron chi connectivity index (χ4n) is 4.08. The van der Waals surface area contributed by atoms with E-state index in [0.29, 0.717) is 19.6 Å². The van der Waals surface area contributed by atoms with Crippen LogP contribution < -0.4 is 4.90 Å². The number of amides is 1. The molecular weight excluding hydrogens is 352 g/mol. The van der Waals surface area contributed by atoms with Crippen molar-refractivity contribution in [3.63, 3.8) is 0 Å². The van der Waals surface area contributed by atoms with Gasteiger partial charge in [-0.3, -0.25) is 9.78 Å². The summed E-state index contributed by atoms with van der Waals surface area (Å²) in [5.41, 5.74) is 3.34. The molecule has 1 amide bonds. The molecule has 2 aliphatic rings. The van der Waals surface area contributed by atoms with Crippen molar-refractivity contribution in [3.05, 3.63) is 53.5 Å². The molecule has 148 valence electrons. The van der Waals surface area contributed by atoms with Crippen LogP contribution in [-0.4, -0.2) is 52.1 Å². The molecule has 0 unspecified atom stereocenters. The first kappa shape index (κ1) is 18.9. The molecule has 0 aromatic carbocycles. The van der Waals surface area contributed by atoms with Crippen LogP contribution in [0, 0.1) is 0 Å². The Kier molecular flexibility index (Phi) is 5.06. The lowest BCUT2D eigenvalue weighted by Crippen LogP contribution is -2.54. The second kappa shape index (κ2) is 7.51. The Balaban J connectivity index is 1.42. The quantitative estimate of drug-likeness (QED) is 0.819. The van der Waals surface area contributed by atoms with Gasteiger partial charge in [-0.05, 0) is 49.6 Å². The van der Waals surface area contributed by atoms with Crippen molar-refractivity contribution in [3.8, 4) is 0 Å². The third-order valence-corrected chi connectivity index (χ3v) is 5.65. The minimum absolute atomic E-state index is 0.129. The van der Waals surface area contributed by atoms with Crippen LogP contribution in [0.25, 0.3) is 0 Å². The highest BCUT2D eigenvalue weighted by molar-refractivity contribution is 5.79. The first-order valence-electron chi connectivity index (χ1n) is 9.96. The summed E-state index contributed by atoms with van der Waals surface area (Å²) in [6.07, 6.45) is 6.75. The van der Waals surface area contributed by atoms with Crippen LogP contribution in [0.4, 0.5) is 5.82 Å². The minimum atomic E-state index is -0.129. The van der Waals surface area contributed by atoms with E-state index in [2.05, 4.69) is 41.7 Å². The lowest BCUT2D eigenvalue weighted by molar-refractivity contribution is -0.132. The normalized spacial score (nSPS) is 21.3. The summed E-state index contributed by atoms with van der Waals surface area (Å²) in [6.45, 7) is 9.31. The number of ether oxygens (including phenoxy) is 1. The third kappa shape index (κ3) is 4.02. The predicted molar refractivity (Wildman–Crippen MR) is 108 cm³/mol. The van der Waals surface area contributed by atoms with Gasteiger partial charge in [0.05, 0.1) is 18.6 Å². The summed E-state index contributed by atoms with van der Waals surface area (Å²) >= 11 is 0. The molecule has 0 radical (unpaired) electrons. The molecule has 4 heterocycles. The Labute approximate surface area is 166 Å². The van der Waals surface area contributed by atoms with Gasteiger partial charge in [0.2, 0.25) is 5.91 Å². The summed E-state index contributed by atoms with van der Waals surface area (Å²) in [7, 11) is 0. The van der Waals surface area contributed by atoms with Gasteiger partial charge in [0.15, 0.2) is 0 Å². The third-order valence-electron chi connectivity index (χ3n) is 5.65. The topological polar surface area (TPSA) is 58.6 Å². The van der Waals surface area contributed by atoms with Crippen molar-refractivity contribution >= 4 is 11.7 Å². The lowest BCUT2D eigenvalue weighted by Gasteiger charge is -2.41. The van der Waals surface area contributed by atoms with Crippen molar-refractivity contribution in [1.82, 2.24) is 14.9 Å². The van der Waals surface area contributed by atoms with Gasteiger partial charge in [0, 0.05) is 50.7 Å². The van der Waals surface area contributed by atoms with Crippen LogP contribution in [-0.2, 0) is 29.0 Å². The lowest BCUT2D eigenvalue weighted by atomic mass is 9.93. The number of fused-ring (bicyclic) bond motifs is 1. The van der Waals surface area contributed by atoms with Crippen LogP contribution in [0.1, 0.15) is 37.5 Å². The van der Waals surface area contributed by atoms with Crippen LogP contribution in [0.2, 0.25) is 0 Å². The molecule has 1 atom stereocenters. The van der Waals surface area contributed by atoms with Crippen molar-refractivity contribution < 1.29 is 9.53 Å². The average molecular weight is 380 g/mol. The number of nitrogens with zero attached hydrogens (tertiary/aromatic N) is 4. The number of piperazine rings is 1. The number of anilines is 1. The van der Waals surface area contributed by atoms with E-state index in [1.165, 1.54) is 11.1 Å². The largest absolute Gasteiger partial charge is 0.370 e. The molecule has 1 fully saturated rings. The van der Waals surface area contributed by atoms with Crippen molar-refractivity contribution in [2.75, 3.05) is 24.5 Å². The van der Waals surface area contributed by atoms with Crippen LogP contribution in [0.5, 0.6) is 0 Å². The Hall–Kier alpha value is -2.47. The number of carbonyl (C=O) groups excluding carboxylic acids is 1. The molecular formula is C22H28N4O2. The summed E-state index contributed by atoms with van der Waals surface area (Å²) < 4.78 is 5.88. The average Bonchev–Trinajstić information content (AvgIpc) is 2.67. The molecule has 2 aromatic rings. The summed E-state index contributed by atoms with van der Waals surface area (Å²) in [4.78, 5) is 25.8. The SMILES string of the molecule is C[C@@H]1CN(c2cc3c(cn2)COC(C)(C)C3)CCN1C(=O)Cc1cccnc1. The first-order valence-corrected chi connectivity index (χ1v) is 9.96. The number of rotatable bonds is 3. The fraction of sp³-hybridized carbons (Fsp3) is 0.500. The van der Waals surface area contributed by atoms with E-state index in [4.69, 9.17) is 4.74 Å². The summed E-state index contributed by atoms with van der Waals surface area (Å²) in [5.74, 6) is 1.17. The summed E-state index contributed by atoms with van der Waals surface area (Å²) in [6, 6.07) is 6.18. The first-order chi connectivity index (χ1) is 13.4. The molecule has 6 heteroatoms. The van der Waals surface area contributed by atoms with Gasteiger partial charge in [0.1, 0.15) is 5.82 Å². The zero-order chi connectivity index (χ0) is 19.7. The predicted octanol–water partition coefficient (Wildman–Crippen LogP) is 2.61. The number of carbonyl (C=O) groups is 1. The molecule has 0 bridgehead atoms. The highest BCUT2D eigenvalue weighted by Crippen LogP contribution is 2.30. The molecule has 4 rings (SSSR count). The fourth-order valence-corrected chi connectivity index (χ4v) is 4.08. The number of pyridine rings is 2. The van der Waals surface area contributed by atoms with Gasteiger partial charge in [-0.25, -0.2) is 4.98 Å². The van der Waals surface area contributed by atoms with Crippen molar-refractivity contribution in [1.29, 1.82) is 0 Å². The van der Waals surface area contributed by atoms with E-state index < -0.39 is 0 Å². The molecule has 0 spiro atoms. The van der Waals surface area contributed by atoms with E-state index in [0.717, 1.165) is 30.9 Å². The molecule has 0 aliphatic carbocycles. The molecule has 2 aromatic heterocycles. The molecule has 28 heavy (non-hydrogen) atoms. The second-order valence-electron chi connectivity index (χ2n) is 8.46. The maximum Gasteiger partial charge on any atom is 0.227 e. The maximum atomic E-state index is 12.7. The van der Waals surface area contributed by atoms with Crippen LogP contribution >= 0.6 is 0 Å². The van der Waals surface area contributed by atoms with E-state index in [-0.39, 0.29) is 17.6 Å². The second-order valence-corrected chi connectivity index (χ2v) is 8.46. The molecule has 6 nitrogen and oxygen atoms in total. The Bertz CT molecular complexity index is 853. The molecule has 0 saturated carbocycles. The Morgan fingerprint density at radius 1 is 1.29 bits per heavy atom. The monoisotopic (exact) mass is 380 g/mol. The van der Waals surface area contributed by atoms with E-state index in [9.17, 15) is 4.79 Å². The Morgan fingerprint density at radius 2 is 2.14 bits per heavy atom. The van der Waals surface area contributed by atoms with Crippen LogP contribution in [0.15, 0.2) is 36.8 Å². The number of hydrogen-bond acceptors (Lipinski definition) is 5. The van der Waals surface area contributed by atoms with E-state index >= 15 is 0 Å². The van der Waals surface area contributed by atoms with Gasteiger partial charge in [-0.15, -0.1) is 0 Å². The van der Waals surface area contributed by atoms with Gasteiger partial charge < -0.3 is 14.5 Å².